The largest absolute Gasteiger partial charge is 0.313 e. The van der Waals surface area contributed by atoms with E-state index in [0.29, 0.717) is 11.9 Å². The molecule has 0 spiro atoms. The van der Waals surface area contributed by atoms with Crippen LogP contribution in [0.2, 0.25) is 0 Å². The average molecular weight is 257 g/mol. The number of aromatic nitrogens is 4. The Labute approximate surface area is 113 Å². The number of hydrogen-bond acceptors (Lipinski definition) is 4. The highest BCUT2D eigenvalue weighted by molar-refractivity contribution is 5.23. The van der Waals surface area contributed by atoms with Crippen molar-refractivity contribution in [2.45, 2.75) is 39.2 Å². The second-order valence-corrected chi connectivity index (χ2v) is 5.02. The number of rotatable bonds is 5. The second-order valence-electron chi connectivity index (χ2n) is 5.02. The molecule has 0 atom stereocenters. The van der Waals surface area contributed by atoms with E-state index in [1.54, 1.807) is 4.68 Å². The predicted molar refractivity (Wildman–Crippen MR) is 73.2 cm³/mol. The van der Waals surface area contributed by atoms with Gasteiger partial charge in [0.25, 0.3) is 5.95 Å². The van der Waals surface area contributed by atoms with E-state index in [4.69, 9.17) is 0 Å². The maximum Gasteiger partial charge on any atom is 0.250 e. The average Bonchev–Trinajstić information content (AvgIpc) is 3.15. The Morgan fingerprint density at radius 2 is 2.26 bits per heavy atom. The molecule has 0 saturated heterocycles. The van der Waals surface area contributed by atoms with Crippen LogP contribution in [0.15, 0.2) is 18.5 Å². The highest BCUT2D eigenvalue weighted by Gasteiger charge is 2.26. The highest BCUT2D eigenvalue weighted by Crippen LogP contribution is 2.38. The lowest BCUT2D eigenvalue weighted by molar-refractivity contribution is 0.707. The van der Waals surface area contributed by atoms with Crippen LogP contribution in [-0.4, -0.2) is 26.3 Å². The highest BCUT2D eigenvalue weighted by atomic mass is 15.3. The van der Waals surface area contributed by atoms with Gasteiger partial charge in [0.1, 0.15) is 0 Å². The molecule has 2 heterocycles. The molecule has 2 aromatic heterocycles. The summed E-state index contributed by atoms with van der Waals surface area (Å²) in [5.41, 5.74) is 3.31. The molecule has 0 aliphatic heterocycles. The summed E-state index contributed by atoms with van der Waals surface area (Å²) in [6, 6.07) is 2.07. The lowest BCUT2D eigenvalue weighted by atomic mass is 10.2. The molecule has 0 bridgehead atoms. The van der Waals surface area contributed by atoms with Crippen molar-refractivity contribution in [1.82, 2.24) is 25.1 Å². The van der Waals surface area contributed by atoms with Crippen molar-refractivity contribution < 1.29 is 0 Å². The summed E-state index contributed by atoms with van der Waals surface area (Å²) in [5.74, 6) is 1.32. The Kier molecular flexibility index (Phi) is 3.29. The predicted octanol–water partition coefficient (Wildman–Crippen LogP) is 1.96. The number of aryl methyl sites for hydroxylation is 1. The van der Waals surface area contributed by atoms with Crippen LogP contribution < -0.4 is 5.32 Å². The molecule has 1 saturated carbocycles. The lowest BCUT2D eigenvalue weighted by Crippen LogP contribution is -2.14. The summed E-state index contributed by atoms with van der Waals surface area (Å²) in [7, 11) is 0. The monoisotopic (exact) mass is 257 g/mol. The van der Waals surface area contributed by atoms with Gasteiger partial charge >= 0.3 is 0 Å². The molecule has 100 valence electrons. The molecule has 1 fully saturated rings. The smallest absolute Gasteiger partial charge is 0.250 e. The van der Waals surface area contributed by atoms with E-state index in [2.05, 4.69) is 33.4 Å². The van der Waals surface area contributed by atoms with E-state index >= 15 is 0 Å². The van der Waals surface area contributed by atoms with E-state index in [9.17, 15) is 0 Å². The van der Waals surface area contributed by atoms with Crippen molar-refractivity contribution >= 4 is 0 Å². The van der Waals surface area contributed by atoms with Gasteiger partial charge in [0.2, 0.25) is 0 Å². The SMILES string of the molecule is CCNCc1cnc(-n2ccc(C3CC3)n2)nc1C. The Balaban J connectivity index is 1.81. The first-order valence-corrected chi connectivity index (χ1v) is 6.87. The van der Waals surface area contributed by atoms with Gasteiger partial charge in [0.05, 0.1) is 5.69 Å². The first-order valence-electron chi connectivity index (χ1n) is 6.87. The molecule has 0 aromatic carbocycles. The summed E-state index contributed by atoms with van der Waals surface area (Å²) < 4.78 is 1.78. The molecule has 1 aliphatic carbocycles. The zero-order chi connectivity index (χ0) is 13.2. The fourth-order valence-corrected chi connectivity index (χ4v) is 2.07. The summed E-state index contributed by atoms with van der Waals surface area (Å²) in [5, 5.41) is 7.84. The number of nitrogens with one attached hydrogen (secondary N) is 1. The molecule has 1 aliphatic rings. The molecule has 1 N–H and O–H groups in total. The maximum atomic E-state index is 4.55. The minimum Gasteiger partial charge on any atom is -0.313 e. The molecular weight excluding hydrogens is 238 g/mol. The fourth-order valence-electron chi connectivity index (χ4n) is 2.07. The van der Waals surface area contributed by atoms with E-state index in [1.807, 2.05) is 19.3 Å². The third kappa shape index (κ3) is 2.66. The summed E-state index contributed by atoms with van der Waals surface area (Å²) in [6.45, 7) is 5.87. The van der Waals surface area contributed by atoms with Crippen molar-refractivity contribution in [2.75, 3.05) is 6.54 Å². The molecule has 19 heavy (non-hydrogen) atoms. The third-order valence-electron chi connectivity index (χ3n) is 3.44. The van der Waals surface area contributed by atoms with Crippen molar-refractivity contribution in [3.05, 3.63) is 35.4 Å². The van der Waals surface area contributed by atoms with Crippen LogP contribution in [0, 0.1) is 6.92 Å². The van der Waals surface area contributed by atoms with E-state index < -0.39 is 0 Å². The van der Waals surface area contributed by atoms with Gasteiger partial charge in [-0.05, 0) is 32.4 Å². The van der Waals surface area contributed by atoms with Gasteiger partial charge in [0.15, 0.2) is 0 Å². The fraction of sp³-hybridized carbons (Fsp3) is 0.500. The molecule has 5 heteroatoms. The van der Waals surface area contributed by atoms with Gasteiger partial charge in [-0.25, -0.2) is 14.6 Å². The van der Waals surface area contributed by atoms with Crippen molar-refractivity contribution in [1.29, 1.82) is 0 Å². The molecular formula is C14H19N5. The Bertz CT molecular complexity index is 571. The van der Waals surface area contributed by atoms with Gasteiger partial charge in [-0.3, -0.25) is 0 Å². The van der Waals surface area contributed by atoms with E-state index in [0.717, 1.165) is 30.0 Å². The van der Waals surface area contributed by atoms with Crippen molar-refractivity contribution in [2.24, 2.45) is 0 Å². The second kappa shape index (κ2) is 5.09. The first-order chi connectivity index (χ1) is 9.28. The quantitative estimate of drug-likeness (QED) is 0.889. The first kappa shape index (κ1) is 12.3. The van der Waals surface area contributed by atoms with Crippen LogP contribution in [0.1, 0.15) is 42.6 Å². The van der Waals surface area contributed by atoms with Crippen LogP contribution in [0.4, 0.5) is 0 Å². The topological polar surface area (TPSA) is 55.6 Å². The Hall–Kier alpha value is -1.75. The molecule has 0 unspecified atom stereocenters. The number of nitrogens with zero attached hydrogens (tertiary/aromatic N) is 4. The van der Waals surface area contributed by atoms with Crippen LogP contribution in [-0.2, 0) is 6.54 Å². The maximum absolute atomic E-state index is 4.55. The lowest BCUT2D eigenvalue weighted by Gasteiger charge is -2.07. The van der Waals surface area contributed by atoms with Crippen LogP contribution in [0.3, 0.4) is 0 Å². The standard InChI is InChI=1S/C14H19N5/c1-3-15-8-12-9-16-14(17-10(12)2)19-7-6-13(18-19)11-4-5-11/h6-7,9,11,15H,3-5,8H2,1-2H3. The zero-order valence-electron chi connectivity index (χ0n) is 11.4. The van der Waals surface area contributed by atoms with Gasteiger partial charge in [-0.1, -0.05) is 6.92 Å². The zero-order valence-corrected chi connectivity index (χ0v) is 11.4. The van der Waals surface area contributed by atoms with Gasteiger partial charge in [-0.2, -0.15) is 5.10 Å². The van der Waals surface area contributed by atoms with E-state index in [1.165, 1.54) is 12.8 Å². The Morgan fingerprint density at radius 3 is 2.95 bits per heavy atom. The summed E-state index contributed by atoms with van der Waals surface area (Å²) in [6.07, 6.45) is 6.36. The molecule has 0 amide bonds. The van der Waals surface area contributed by atoms with Gasteiger partial charge in [-0.15, -0.1) is 0 Å². The minimum absolute atomic E-state index is 0.657. The van der Waals surface area contributed by atoms with E-state index in [-0.39, 0.29) is 0 Å². The number of hydrogen-bond donors (Lipinski definition) is 1. The normalized spacial score (nSPS) is 14.8. The van der Waals surface area contributed by atoms with Gasteiger partial charge in [0, 0.05) is 36.1 Å². The van der Waals surface area contributed by atoms with Crippen LogP contribution in [0.5, 0.6) is 0 Å². The third-order valence-corrected chi connectivity index (χ3v) is 3.44. The van der Waals surface area contributed by atoms with Crippen molar-refractivity contribution in [3.8, 4) is 5.95 Å². The summed E-state index contributed by atoms with van der Waals surface area (Å²) >= 11 is 0. The van der Waals surface area contributed by atoms with Gasteiger partial charge < -0.3 is 5.32 Å². The summed E-state index contributed by atoms with van der Waals surface area (Å²) in [4.78, 5) is 8.94. The van der Waals surface area contributed by atoms with Crippen LogP contribution in [0.25, 0.3) is 5.95 Å². The molecule has 3 rings (SSSR count). The minimum atomic E-state index is 0.657. The van der Waals surface area contributed by atoms with Crippen LogP contribution >= 0.6 is 0 Å². The molecule has 2 aromatic rings. The molecule has 5 nitrogen and oxygen atoms in total. The molecule has 0 radical (unpaired) electrons. The van der Waals surface area contributed by atoms with Crippen molar-refractivity contribution in [3.63, 3.8) is 0 Å². The Morgan fingerprint density at radius 1 is 1.42 bits per heavy atom.